The van der Waals surface area contributed by atoms with E-state index in [0.717, 1.165) is 55.9 Å². The minimum Gasteiger partial charge on any atom is -0.490 e. The highest BCUT2D eigenvalue weighted by Crippen LogP contribution is 2.46. The van der Waals surface area contributed by atoms with Crippen molar-refractivity contribution in [2.45, 2.75) is 62.0 Å². The lowest BCUT2D eigenvalue weighted by Gasteiger charge is -2.44. The van der Waals surface area contributed by atoms with E-state index in [1.54, 1.807) is 24.3 Å². The Labute approximate surface area is 254 Å². The summed E-state index contributed by atoms with van der Waals surface area (Å²) in [5, 5.41) is 9.31. The summed E-state index contributed by atoms with van der Waals surface area (Å²) in [6.45, 7) is 9.04. The molecule has 1 aliphatic heterocycles. The van der Waals surface area contributed by atoms with Crippen molar-refractivity contribution in [3.8, 4) is 5.75 Å². The zero-order chi connectivity index (χ0) is 29.9. The van der Waals surface area contributed by atoms with Crippen LogP contribution in [-0.2, 0) is 21.9 Å². The predicted octanol–water partition coefficient (Wildman–Crippen LogP) is 5.80. The molecule has 1 heterocycles. The normalized spacial score (nSPS) is 23.9. The summed E-state index contributed by atoms with van der Waals surface area (Å²) >= 11 is 6.38. The van der Waals surface area contributed by atoms with E-state index in [1.165, 1.54) is 17.5 Å². The number of hydrogen-bond donors (Lipinski definition) is 2. The average molecular weight is 613 g/mol. The number of nitrogens with zero attached hydrogens (tertiary/aromatic N) is 1. The number of ether oxygens (including phenoxy) is 1. The Morgan fingerprint density at radius 1 is 1.19 bits per heavy atom. The van der Waals surface area contributed by atoms with Gasteiger partial charge in [-0.2, -0.15) is 0 Å². The second kappa shape index (κ2) is 12.8. The van der Waals surface area contributed by atoms with Crippen LogP contribution in [0, 0.1) is 11.8 Å². The van der Waals surface area contributed by atoms with Crippen molar-refractivity contribution in [3.05, 3.63) is 83.4 Å². The smallest absolute Gasteiger partial charge is 0.264 e. The minimum atomic E-state index is -4.08. The molecule has 2 N–H and O–H groups in total. The number of anilines is 1. The van der Waals surface area contributed by atoms with E-state index in [0.29, 0.717) is 30.6 Å². The van der Waals surface area contributed by atoms with Crippen LogP contribution in [-0.4, -0.2) is 51.0 Å². The number of sulfonamides is 1. The van der Waals surface area contributed by atoms with Crippen molar-refractivity contribution < 1.29 is 23.1 Å². The maximum atomic E-state index is 13.3. The zero-order valence-electron chi connectivity index (χ0n) is 24.1. The Balaban J connectivity index is 1.47. The lowest BCUT2D eigenvalue weighted by molar-refractivity contribution is 0.0980. The van der Waals surface area contributed by atoms with Gasteiger partial charge in [-0.05, 0) is 105 Å². The molecule has 226 valence electrons. The molecule has 0 bridgehead atoms. The quantitative estimate of drug-likeness (QED) is 0.311. The van der Waals surface area contributed by atoms with Crippen LogP contribution >= 0.6 is 11.6 Å². The van der Waals surface area contributed by atoms with Gasteiger partial charge in [-0.3, -0.25) is 4.79 Å². The van der Waals surface area contributed by atoms with Gasteiger partial charge in [0.05, 0.1) is 18.9 Å². The Morgan fingerprint density at radius 3 is 2.71 bits per heavy atom. The summed E-state index contributed by atoms with van der Waals surface area (Å²) in [6.07, 6.45) is 10.5. The third-order valence-electron chi connectivity index (χ3n) is 9.37. The van der Waals surface area contributed by atoms with Crippen LogP contribution in [0.5, 0.6) is 5.75 Å². The minimum absolute atomic E-state index is 0.177. The molecule has 1 saturated carbocycles. The first-order valence-electron chi connectivity index (χ1n) is 14.9. The summed E-state index contributed by atoms with van der Waals surface area (Å²) in [5.41, 5.74) is 3.32. The van der Waals surface area contributed by atoms with Gasteiger partial charge in [-0.25, -0.2) is 13.1 Å². The molecule has 42 heavy (non-hydrogen) atoms. The zero-order valence-corrected chi connectivity index (χ0v) is 25.6. The number of aliphatic hydroxyl groups excluding tert-OH is 1. The highest BCUT2D eigenvalue weighted by molar-refractivity contribution is 7.90. The predicted molar refractivity (Wildman–Crippen MR) is 168 cm³/mol. The maximum Gasteiger partial charge on any atom is 0.264 e. The number of aryl methyl sites for hydroxylation is 1. The molecule has 0 saturated heterocycles. The first kappa shape index (κ1) is 30.6. The topological polar surface area (TPSA) is 95.9 Å². The molecule has 0 unspecified atom stereocenters. The number of benzene rings is 2. The first-order chi connectivity index (χ1) is 20.2. The number of aliphatic hydroxyl groups is 1. The van der Waals surface area contributed by atoms with Crippen molar-refractivity contribution >= 4 is 33.2 Å². The van der Waals surface area contributed by atoms with E-state index in [-0.39, 0.29) is 17.4 Å². The number of rotatable bonds is 11. The second-order valence-electron chi connectivity index (χ2n) is 12.1. The van der Waals surface area contributed by atoms with Gasteiger partial charge in [0, 0.05) is 29.1 Å². The van der Waals surface area contributed by atoms with Gasteiger partial charge in [0.1, 0.15) is 11.0 Å². The van der Waals surface area contributed by atoms with E-state index in [1.807, 2.05) is 12.1 Å². The molecule has 1 spiro atoms. The van der Waals surface area contributed by atoms with Crippen molar-refractivity contribution in [1.82, 2.24) is 4.72 Å². The Bertz CT molecular complexity index is 1440. The van der Waals surface area contributed by atoms with E-state index >= 15 is 0 Å². The van der Waals surface area contributed by atoms with E-state index in [2.05, 4.69) is 34.9 Å². The maximum absolute atomic E-state index is 13.3. The van der Waals surface area contributed by atoms with Crippen LogP contribution in [0.25, 0.3) is 0 Å². The number of halogens is 1. The fourth-order valence-electron chi connectivity index (χ4n) is 6.86. The van der Waals surface area contributed by atoms with Gasteiger partial charge in [-0.15, -0.1) is 13.2 Å². The number of hydrogen-bond acceptors (Lipinski definition) is 6. The Kier molecular flexibility index (Phi) is 9.35. The molecule has 2 aliphatic carbocycles. The highest BCUT2D eigenvalue weighted by atomic mass is 35.5. The summed E-state index contributed by atoms with van der Waals surface area (Å²) in [5.74, 6) is 1.03. The molecule has 5 rings (SSSR count). The number of carbonyl (C=O) groups excluding carboxylic acids is 1. The molecule has 0 radical (unpaired) electrons. The van der Waals surface area contributed by atoms with Crippen molar-refractivity contribution in [2.75, 3.05) is 31.2 Å². The molecular formula is C33H41ClN2O5S. The molecule has 7 nitrogen and oxygen atoms in total. The van der Waals surface area contributed by atoms with E-state index < -0.39 is 27.8 Å². The van der Waals surface area contributed by atoms with Gasteiger partial charge in [-0.1, -0.05) is 29.8 Å². The number of nitrogens with one attached hydrogen (secondary N) is 1. The van der Waals surface area contributed by atoms with Crippen LogP contribution in [0.15, 0.2) is 61.7 Å². The number of allylic oxidation sites excluding steroid dienone is 2. The largest absolute Gasteiger partial charge is 0.490 e. The van der Waals surface area contributed by atoms with Crippen LogP contribution in [0.4, 0.5) is 5.69 Å². The molecule has 0 aromatic heterocycles. The molecule has 2 aromatic rings. The van der Waals surface area contributed by atoms with Gasteiger partial charge >= 0.3 is 0 Å². The summed E-state index contributed by atoms with van der Waals surface area (Å²) in [7, 11) is -4.08. The Hall–Kier alpha value is -2.81. The van der Waals surface area contributed by atoms with Crippen molar-refractivity contribution in [2.24, 2.45) is 11.8 Å². The van der Waals surface area contributed by atoms with Crippen molar-refractivity contribution in [1.29, 1.82) is 0 Å². The standard InChI is InChI=1S/C33H41ClN2O5S/c1-3-5-9-28(20-37)42(39,40)35-32(38)25-12-15-31-30(18-25)36(19-26-11-10-23(26)7-4-2)21-33(22-41-31)16-6-8-24-17-27(34)13-14-29(24)33/h3-4,12-15,17-18,23,26,28,37H,1-2,5-11,16,19-22H2,(H,35,38)/t23-,26+,28-,33+/m1/s1. The summed E-state index contributed by atoms with van der Waals surface area (Å²) < 4.78 is 34.5. The average Bonchev–Trinajstić information content (AvgIpc) is 3.11. The lowest BCUT2D eigenvalue weighted by atomic mass is 9.69. The van der Waals surface area contributed by atoms with Crippen LogP contribution in [0.1, 0.15) is 66.4 Å². The van der Waals surface area contributed by atoms with Gasteiger partial charge < -0.3 is 14.7 Å². The van der Waals surface area contributed by atoms with Crippen molar-refractivity contribution in [3.63, 3.8) is 0 Å². The van der Waals surface area contributed by atoms with Gasteiger partial charge in [0.15, 0.2) is 0 Å². The molecule has 3 aliphatic rings. The monoisotopic (exact) mass is 612 g/mol. The molecule has 1 amide bonds. The fraction of sp³-hybridized carbons (Fsp3) is 0.485. The van der Waals surface area contributed by atoms with Gasteiger partial charge in [0.2, 0.25) is 10.0 Å². The molecule has 1 fully saturated rings. The molecule has 9 heteroatoms. The molecular weight excluding hydrogens is 572 g/mol. The van der Waals surface area contributed by atoms with E-state index in [4.69, 9.17) is 16.3 Å². The first-order valence-corrected chi connectivity index (χ1v) is 16.8. The molecule has 2 aromatic carbocycles. The summed E-state index contributed by atoms with van der Waals surface area (Å²) in [6, 6.07) is 11.3. The molecule has 4 atom stereocenters. The number of carbonyl (C=O) groups is 1. The highest BCUT2D eigenvalue weighted by Gasteiger charge is 2.43. The lowest BCUT2D eigenvalue weighted by Crippen LogP contribution is -2.48. The van der Waals surface area contributed by atoms with Crippen LogP contribution in [0.2, 0.25) is 5.02 Å². The van der Waals surface area contributed by atoms with Crippen LogP contribution < -0.4 is 14.4 Å². The van der Waals surface area contributed by atoms with Crippen LogP contribution in [0.3, 0.4) is 0 Å². The fourth-order valence-corrected chi connectivity index (χ4v) is 8.24. The third kappa shape index (κ3) is 6.26. The second-order valence-corrected chi connectivity index (χ2v) is 14.5. The van der Waals surface area contributed by atoms with E-state index in [9.17, 15) is 18.3 Å². The SMILES string of the molecule is C=CCC[C@H](CO)S(=O)(=O)NC(=O)c1ccc2c(c1)N(C[C@@H]1CC[C@H]1CC=C)C[C@@]1(CCCc3cc(Cl)ccc31)CO2. The van der Waals surface area contributed by atoms with Gasteiger partial charge in [0.25, 0.3) is 5.91 Å². The summed E-state index contributed by atoms with van der Waals surface area (Å²) in [4.78, 5) is 15.6. The Morgan fingerprint density at radius 2 is 2.00 bits per heavy atom. The number of fused-ring (bicyclic) bond motifs is 3. The third-order valence-corrected chi connectivity index (χ3v) is 11.3. The number of amides is 1.